The summed E-state index contributed by atoms with van der Waals surface area (Å²) >= 11 is 0. The molecule has 0 aliphatic rings. The van der Waals surface area contributed by atoms with Gasteiger partial charge in [0.25, 0.3) is 5.56 Å². The Balaban J connectivity index is 1.80. The van der Waals surface area contributed by atoms with E-state index in [1.165, 1.54) is 34.9 Å². The van der Waals surface area contributed by atoms with Gasteiger partial charge < -0.3 is 24.5 Å². The number of carbonyl (C=O) groups excluding carboxylic acids is 3. The molecule has 0 spiro atoms. The molecule has 0 fully saturated rings. The fourth-order valence-corrected chi connectivity index (χ4v) is 4.20. The van der Waals surface area contributed by atoms with E-state index >= 15 is 0 Å². The van der Waals surface area contributed by atoms with Gasteiger partial charge in [-0.2, -0.15) is 0 Å². The molecule has 0 aliphatic carbocycles. The van der Waals surface area contributed by atoms with E-state index in [2.05, 4.69) is 20.0 Å². The van der Waals surface area contributed by atoms with Crippen LogP contribution in [0, 0.1) is 11.6 Å². The molecule has 0 saturated heterocycles. The number of halogens is 2. The number of nitrogens with one attached hydrogen (secondary N) is 2. The van der Waals surface area contributed by atoms with E-state index in [1.54, 1.807) is 26.2 Å². The van der Waals surface area contributed by atoms with Gasteiger partial charge in [0.2, 0.25) is 5.91 Å². The van der Waals surface area contributed by atoms with Gasteiger partial charge in [0, 0.05) is 43.9 Å². The van der Waals surface area contributed by atoms with Crippen LogP contribution in [-0.4, -0.2) is 64.5 Å². The van der Waals surface area contributed by atoms with E-state index in [1.807, 2.05) is 6.92 Å². The smallest absolute Gasteiger partial charge is 0.407 e. The number of alkyl carbamates (subject to hydrolysis) is 1. The van der Waals surface area contributed by atoms with Gasteiger partial charge in [-0.1, -0.05) is 25.5 Å². The molecular weight excluding hydrogens is 524 g/mol. The Kier molecular flexibility index (Phi) is 10.3. The molecule has 0 radical (unpaired) electrons. The number of amides is 2. The van der Waals surface area contributed by atoms with Crippen LogP contribution in [-0.2, 0) is 33.7 Å². The molecule has 3 aromatic rings. The zero-order valence-corrected chi connectivity index (χ0v) is 22.9. The maximum absolute atomic E-state index is 14.4. The number of hydrogen-bond donors (Lipinski definition) is 2. The Labute approximate surface area is 230 Å². The maximum atomic E-state index is 14.4. The number of pyridine rings is 1. The largest absolute Gasteiger partial charge is 0.453 e. The van der Waals surface area contributed by atoms with Crippen molar-refractivity contribution in [2.24, 2.45) is 0 Å². The second-order valence-electron chi connectivity index (χ2n) is 9.49. The van der Waals surface area contributed by atoms with Crippen molar-refractivity contribution in [3.8, 4) is 0 Å². The van der Waals surface area contributed by atoms with Crippen LogP contribution < -0.4 is 10.9 Å². The molecule has 10 nitrogen and oxygen atoms in total. The summed E-state index contributed by atoms with van der Waals surface area (Å²) < 4.78 is 34.7. The average Bonchev–Trinajstić information content (AvgIpc) is 3.34. The molecule has 3 rings (SSSR count). The lowest BCUT2D eigenvalue weighted by Crippen LogP contribution is -2.42. The van der Waals surface area contributed by atoms with Crippen molar-refractivity contribution in [1.82, 2.24) is 24.8 Å². The summed E-state index contributed by atoms with van der Waals surface area (Å²) in [6.45, 7) is 1.82. The van der Waals surface area contributed by atoms with Crippen LogP contribution in [0.1, 0.15) is 43.1 Å². The van der Waals surface area contributed by atoms with E-state index in [-0.39, 0.29) is 47.7 Å². The Bertz CT molecular complexity index is 1480. The summed E-state index contributed by atoms with van der Waals surface area (Å²) in [4.78, 5) is 58.4. The van der Waals surface area contributed by atoms with E-state index < -0.39 is 35.1 Å². The zero-order valence-electron chi connectivity index (χ0n) is 22.9. The molecule has 1 aromatic carbocycles. The van der Waals surface area contributed by atoms with Gasteiger partial charge in [-0.3, -0.25) is 14.4 Å². The molecule has 0 bridgehead atoms. The molecule has 0 saturated carbocycles. The van der Waals surface area contributed by atoms with Crippen molar-refractivity contribution in [2.45, 2.75) is 51.6 Å². The Morgan fingerprint density at radius 2 is 2.00 bits per heavy atom. The van der Waals surface area contributed by atoms with Crippen molar-refractivity contribution in [3.63, 3.8) is 0 Å². The summed E-state index contributed by atoms with van der Waals surface area (Å²) in [5, 5.41) is 2.48. The highest BCUT2D eigenvalue weighted by atomic mass is 19.1. The summed E-state index contributed by atoms with van der Waals surface area (Å²) in [7, 11) is 4.40. The number of allylic oxidation sites excluding steroid dienone is 1. The summed E-state index contributed by atoms with van der Waals surface area (Å²) in [5.41, 5.74) is 0.297. The maximum Gasteiger partial charge on any atom is 0.407 e. The van der Waals surface area contributed by atoms with Crippen molar-refractivity contribution >= 4 is 28.8 Å². The van der Waals surface area contributed by atoms with Crippen LogP contribution in [0.3, 0.4) is 0 Å². The third-order valence-corrected chi connectivity index (χ3v) is 6.30. The Hall–Kier alpha value is -4.35. The van der Waals surface area contributed by atoms with Crippen LogP contribution >= 0.6 is 0 Å². The van der Waals surface area contributed by atoms with Gasteiger partial charge >= 0.3 is 6.09 Å². The average molecular weight is 558 g/mol. The van der Waals surface area contributed by atoms with E-state index in [4.69, 9.17) is 0 Å². The van der Waals surface area contributed by atoms with E-state index in [9.17, 15) is 28.0 Å². The molecule has 12 heteroatoms. The van der Waals surface area contributed by atoms with Crippen LogP contribution in [0.25, 0.3) is 11.0 Å². The number of rotatable bonds is 12. The van der Waals surface area contributed by atoms with Crippen LogP contribution in [0.15, 0.2) is 41.3 Å². The number of ether oxygens (including phenoxy) is 1. The van der Waals surface area contributed by atoms with Gasteiger partial charge in [-0.25, -0.2) is 18.6 Å². The summed E-state index contributed by atoms with van der Waals surface area (Å²) in [6.07, 6.45) is 4.97. The number of aromatic amines is 1. The van der Waals surface area contributed by atoms with Crippen molar-refractivity contribution in [1.29, 1.82) is 0 Å². The van der Waals surface area contributed by atoms with Gasteiger partial charge in [-0.05, 0) is 31.4 Å². The van der Waals surface area contributed by atoms with E-state index in [0.717, 1.165) is 6.07 Å². The van der Waals surface area contributed by atoms with Gasteiger partial charge in [-0.15, -0.1) is 0 Å². The minimum atomic E-state index is -0.954. The first-order chi connectivity index (χ1) is 19.0. The molecule has 0 unspecified atom stereocenters. The number of likely N-dealkylation sites (N-methyl/N-ethyl adjacent to an activating group) is 1. The van der Waals surface area contributed by atoms with Crippen molar-refractivity contribution < 1.29 is 27.9 Å². The molecule has 2 amide bonds. The number of aromatic nitrogens is 3. The lowest BCUT2D eigenvalue weighted by atomic mass is 10.0. The molecule has 1 atom stereocenters. The summed E-state index contributed by atoms with van der Waals surface area (Å²) in [6, 6.07) is 2.96. The lowest BCUT2D eigenvalue weighted by Gasteiger charge is -2.16. The fraction of sp³-hybridized carbons (Fsp3) is 0.393. The van der Waals surface area contributed by atoms with Crippen molar-refractivity contribution in [2.75, 3.05) is 21.2 Å². The van der Waals surface area contributed by atoms with Crippen LogP contribution in [0.4, 0.5) is 13.6 Å². The van der Waals surface area contributed by atoms with Crippen LogP contribution in [0.2, 0.25) is 0 Å². The minimum absolute atomic E-state index is 0.00251. The molecular formula is C28H33F2N5O5. The Morgan fingerprint density at radius 1 is 1.25 bits per heavy atom. The first kappa shape index (κ1) is 30.2. The highest BCUT2D eigenvalue weighted by molar-refractivity contribution is 5.89. The predicted octanol–water partition coefficient (Wildman–Crippen LogP) is 3.26. The van der Waals surface area contributed by atoms with Gasteiger partial charge in [0.15, 0.2) is 11.6 Å². The number of aryl methyl sites for hydroxylation is 1. The highest BCUT2D eigenvalue weighted by Crippen LogP contribution is 2.24. The zero-order chi connectivity index (χ0) is 29.4. The van der Waals surface area contributed by atoms with Crippen LogP contribution in [0.5, 0.6) is 0 Å². The lowest BCUT2D eigenvalue weighted by molar-refractivity contribution is -0.123. The number of imidazole rings is 1. The third-order valence-electron chi connectivity index (χ3n) is 6.30. The number of nitrogens with zero attached hydrogens (tertiary/aromatic N) is 3. The fourth-order valence-electron chi connectivity index (χ4n) is 4.20. The molecule has 40 heavy (non-hydrogen) atoms. The molecule has 214 valence electrons. The first-order valence-corrected chi connectivity index (χ1v) is 12.8. The standard InChI is InChI=1S/C28H33F2N5O5/c1-5-9-18-19(29)15-20(30)26-25(18)32-23(33-26)16-35-13-8-10-17(27(35)38)14-22(36)21(31-28(39)40-4)11-6-7-12-24(37)34(2)3/h7-8,10,12-13,15,21H,5-6,9,11,14,16H2,1-4H3,(H,31,39)(H,32,33)/b12-7+/t21-/m0/s1. The molecule has 2 heterocycles. The topological polar surface area (TPSA) is 126 Å². The monoisotopic (exact) mass is 557 g/mol. The number of carbonyl (C=O) groups is 3. The number of ketones is 1. The second kappa shape index (κ2) is 13.6. The quantitative estimate of drug-likeness (QED) is 0.329. The summed E-state index contributed by atoms with van der Waals surface area (Å²) in [5.74, 6) is -1.83. The molecule has 2 aromatic heterocycles. The Morgan fingerprint density at radius 3 is 2.67 bits per heavy atom. The SMILES string of the molecule is CCCc1c(F)cc(F)c2nc(Cn3cccc(CC(=O)[C@H](CC/C=C/C(=O)N(C)C)NC(=O)OC)c3=O)[nH]c12. The number of methoxy groups -OCH3 is 1. The normalized spacial score (nSPS) is 12.1. The third kappa shape index (κ3) is 7.39. The number of hydrogen-bond acceptors (Lipinski definition) is 6. The molecule has 0 aliphatic heterocycles. The second-order valence-corrected chi connectivity index (χ2v) is 9.49. The first-order valence-electron chi connectivity index (χ1n) is 12.8. The van der Waals surface area contributed by atoms with E-state index in [0.29, 0.717) is 24.8 Å². The predicted molar refractivity (Wildman–Crippen MR) is 145 cm³/mol. The molecule has 2 N–H and O–H groups in total. The minimum Gasteiger partial charge on any atom is -0.453 e. The number of Topliss-reactive ketones (excluding diaryl/α,β-unsaturated/α-hetero) is 1. The number of H-pyrrole nitrogens is 1. The number of fused-ring (bicyclic) bond motifs is 1. The van der Waals surface area contributed by atoms with Gasteiger partial charge in [0.05, 0.1) is 25.2 Å². The highest BCUT2D eigenvalue weighted by Gasteiger charge is 2.22. The van der Waals surface area contributed by atoms with Crippen molar-refractivity contribution in [3.05, 3.63) is 75.5 Å². The van der Waals surface area contributed by atoms with Gasteiger partial charge in [0.1, 0.15) is 17.2 Å². The number of benzene rings is 1.